The van der Waals surface area contributed by atoms with E-state index >= 15 is 0 Å². The Labute approximate surface area is 181 Å². The Balaban J connectivity index is 1.56. The monoisotopic (exact) mass is 440 g/mol. The van der Waals surface area contributed by atoms with Crippen molar-refractivity contribution in [3.05, 3.63) is 68.3 Å². The number of carbonyl (C=O) groups is 3. The van der Waals surface area contributed by atoms with E-state index in [1.54, 1.807) is 17.3 Å². The van der Waals surface area contributed by atoms with Crippen LogP contribution in [0.1, 0.15) is 38.3 Å². The molecule has 1 fully saturated rings. The standard InChI is InChI=1S/C21H20N4O3S2/c1-12-5-7-14(8-6-12)25-17(26)10-15(18(25)16-4-3-9-29-16)20(27)23-24-21(28)19-13(2)22-11-30-19/h3-9,11,15,18H,10H2,1-2H3,(H,23,27)(H,24,28). The van der Waals surface area contributed by atoms with Gasteiger partial charge in [0.15, 0.2) is 0 Å². The number of nitrogens with zero attached hydrogens (tertiary/aromatic N) is 2. The van der Waals surface area contributed by atoms with Crippen molar-refractivity contribution >= 4 is 46.1 Å². The van der Waals surface area contributed by atoms with Gasteiger partial charge in [-0.05, 0) is 37.4 Å². The molecule has 3 aromatic rings. The lowest BCUT2D eigenvalue weighted by atomic mass is 9.98. The van der Waals surface area contributed by atoms with Gasteiger partial charge in [-0.25, -0.2) is 4.98 Å². The van der Waals surface area contributed by atoms with Crippen LogP contribution in [0.25, 0.3) is 0 Å². The first-order chi connectivity index (χ1) is 14.5. The van der Waals surface area contributed by atoms with E-state index in [4.69, 9.17) is 0 Å². The van der Waals surface area contributed by atoms with Crippen molar-refractivity contribution in [2.75, 3.05) is 4.90 Å². The van der Waals surface area contributed by atoms with E-state index in [1.807, 2.05) is 48.7 Å². The number of amides is 3. The predicted molar refractivity (Wildman–Crippen MR) is 116 cm³/mol. The number of aromatic nitrogens is 1. The van der Waals surface area contributed by atoms with Crippen LogP contribution < -0.4 is 15.8 Å². The number of benzene rings is 1. The topological polar surface area (TPSA) is 91.4 Å². The number of hydrogen-bond donors (Lipinski definition) is 2. The van der Waals surface area contributed by atoms with Crippen LogP contribution in [-0.4, -0.2) is 22.7 Å². The highest BCUT2D eigenvalue weighted by molar-refractivity contribution is 7.11. The molecule has 9 heteroatoms. The summed E-state index contributed by atoms with van der Waals surface area (Å²) in [4.78, 5) is 45.3. The van der Waals surface area contributed by atoms with Gasteiger partial charge in [-0.15, -0.1) is 22.7 Å². The maximum Gasteiger partial charge on any atom is 0.281 e. The van der Waals surface area contributed by atoms with Crippen molar-refractivity contribution in [1.82, 2.24) is 15.8 Å². The molecule has 4 rings (SSSR count). The average Bonchev–Trinajstić information content (AvgIpc) is 3.46. The van der Waals surface area contributed by atoms with Crippen LogP contribution in [0.2, 0.25) is 0 Å². The fourth-order valence-electron chi connectivity index (χ4n) is 3.55. The fourth-order valence-corrected chi connectivity index (χ4v) is 5.13. The molecule has 1 saturated heterocycles. The summed E-state index contributed by atoms with van der Waals surface area (Å²) in [7, 11) is 0. The summed E-state index contributed by atoms with van der Waals surface area (Å²) in [6, 6.07) is 11.1. The summed E-state index contributed by atoms with van der Waals surface area (Å²) in [5.74, 6) is -1.56. The van der Waals surface area contributed by atoms with Gasteiger partial charge < -0.3 is 4.90 Å². The van der Waals surface area contributed by atoms with Crippen LogP contribution in [0.5, 0.6) is 0 Å². The molecule has 2 unspecified atom stereocenters. The van der Waals surface area contributed by atoms with E-state index in [9.17, 15) is 14.4 Å². The van der Waals surface area contributed by atoms with E-state index in [0.717, 1.165) is 16.1 Å². The molecule has 3 amide bonds. The minimum atomic E-state index is -0.625. The molecule has 0 radical (unpaired) electrons. The van der Waals surface area contributed by atoms with Gasteiger partial charge in [-0.1, -0.05) is 23.8 Å². The van der Waals surface area contributed by atoms with Gasteiger partial charge in [0.05, 0.1) is 23.2 Å². The first-order valence-corrected chi connectivity index (χ1v) is 11.1. The number of thiazole rings is 1. The molecule has 3 heterocycles. The molecule has 0 spiro atoms. The largest absolute Gasteiger partial charge is 0.303 e. The minimum Gasteiger partial charge on any atom is -0.303 e. The van der Waals surface area contributed by atoms with Crippen molar-refractivity contribution < 1.29 is 14.4 Å². The van der Waals surface area contributed by atoms with E-state index < -0.39 is 23.8 Å². The van der Waals surface area contributed by atoms with E-state index in [2.05, 4.69) is 15.8 Å². The van der Waals surface area contributed by atoms with Crippen LogP contribution in [0.4, 0.5) is 5.69 Å². The molecule has 1 aromatic carbocycles. The second kappa shape index (κ2) is 8.37. The lowest BCUT2D eigenvalue weighted by Gasteiger charge is -2.27. The SMILES string of the molecule is Cc1ccc(N2C(=O)CC(C(=O)NNC(=O)c3scnc3C)C2c2cccs2)cc1. The maximum atomic E-state index is 13.0. The molecule has 1 aliphatic heterocycles. The van der Waals surface area contributed by atoms with Crippen molar-refractivity contribution in [3.8, 4) is 0 Å². The highest BCUT2D eigenvalue weighted by Crippen LogP contribution is 2.43. The van der Waals surface area contributed by atoms with Gasteiger partial charge in [-0.3, -0.25) is 25.2 Å². The van der Waals surface area contributed by atoms with Gasteiger partial charge in [0.25, 0.3) is 5.91 Å². The lowest BCUT2D eigenvalue weighted by molar-refractivity contribution is -0.127. The number of rotatable bonds is 4. The third kappa shape index (κ3) is 3.86. The van der Waals surface area contributed by atoms with Crippen molar-refractivity contribution in [1.29, 1.82) is 0 Å². The van der Waals surface area contributed by atoms with Crippen LogP contribution in [0.3, 0.4) is 0 Å². The summed E-state index contributed by atoms with van der Waals surface area (Å²) >= 11 is 2.71. The molecular formula is C21H20N4O3S2. The second-order valence-corrected chi connectivity index (χ2v) is 8.91. The maximum absolute atomic E-state index is 13.0. The molecule has 2 atom stereocenters. The van der Waals surface area contributed by atoms with Gasteiger partial charge in [0, 0.05) is 17.0 Å². The lowest BCUT2D eigenvalue weighted by Crippen LogP contribution is -2.45. The first-order valence-electron chi connectivity index (χ1n) is 9.38. The number of hydrogen-bond acceptors (Lipinski definition) is 6. The molecule has 0 bridgehead atoms. The summed E-state index contributed by atoms with van der Waals surface area (Å²) in [5, 5.41) is 1.93. The molecule has 1 aliphatic rings. The Morgan fingerprint density at radius 1 is 1.10 bits per heavy atom. The Kier molecular flexibility index (Phi) is 5.65. The molecule has 30 heavy (non-hydrogen) atoms. The zero-order valence-corrected chi connectivity index (χ0v) is 18.0. The van der Waals surface area contributed by atoms with Crippen molar-refractivity contribution in [2.24, 2.45) is 5.92 Å². The van der Waals surface area contributed by atoms with Crippen LogP contribution in [0.15, 0.2) is 47.3 Å². The highest BCUT2D eigenvalue weighted by Gasteiger charge is 2.45. The van der Waals surface area contributed by atoms with Gasteiger partial charge in [-0.2, -0.15) is 0 Å². The average molecular weight is 441 g/mol. The quantitative estimate of drug-likeness (QED) is 0.609. The molecule has 0 aliphatic carbocycles. The highest BCUT2D eigenvalue weighted by atomic mass is 32.1. The molecule has 2 aromatic heterocycles. The fraction of sp³-hybridized carbons (Fsp3) is 0.238. The Morgan fingerprint density at radius 2 is 1.87 bits per heavy atom. The third-order valence-electron chi connectivity index (χ3n) is 5.06. The number of aryl methyl sites for hydroxylation is 2. The van der Waals surface area contributed by atoms with Crippen molar-refractivity contribution in [3.63, 3.8) is 0 Å². The normalized spacial score (nSPS) is 18.5. The second-order valence-electron chi connectivity index (χ2n) is 7.08. The zero-order valence-electron chi connectivity index (χ0n) is 16.4. The Morgan fingerprint density at radius 3 is 2.50 bits per heavy atom. The van der Waals surface area contributed by atoms with E-state index in [-0.39, 0.29) is 12.3 Å². The molecule has 0 saturated carbocycles. The Hall–Kier alpha value is -3.04. The number of carbonyl (C=O) groups excluding carboxylic acids is 3. The zero-order chi connectivity index (χ0) is 21.3. The number of nitrogens with one attached hydrogen (secondary N) is 2. The van der Waals surface area contributed by atoms with Gasteiger partial charge in [0.1, 0.15) is 4.88 Å². The molecule has 7 nitrogen and oxygen atoms in total. The smallest absolute Gasteiger partial charge is 0.281 e. The minimum absolute atomic E-state index is 0.0672. The van der Waals surface area contributed by atoms with Gasteiger partial charge in [0.2, 0.25) is 11.8 Å². The number of hydrazine groups is 1. The Bertz CT molecular complexity index is 1080. The third-order valence-corrected chi connectivity index (χ3v) is 6.93. The number of anilines is 1. The van der Waals surface area contributed by atoms with Crippen LogP contribution in [-0.2, 0) is 9.59 Å². The summed E-state index contributed by atoms with van der Waals surface area (Å²) < 4.78 is 0. The van der Waals surface area contributed by atoms with Crippen LogP contribution in [0, 0.1) is 19.8 Å². The molecular weight excluding hydrogens is 420 g/mol. The summed E-state index contributed by atoms with van der Waals surface area (Å²) in [6.07, 6.45) is 0.0672. The number of thiophene rings is 1. The van der Waals surface area contributed by atoms with E-state index in [1.165, 1.54) is 22.7 Å². The molecule has 2 N–H and O–H groups in total. The van der Waals surface area contributed by atoms with Crippen LogP contribution >= 0.6 is 22.7 Å². The molecule has 154 valence electrons. The summed E-state index contributed by atoms with van der Waals surface area (Å²) in [6.45, 7) is 3.71. The predicted octanol–water partition coefficient (Wildman–Crippen LogP) is 3.38. The van der Waals surface area contributed by atoms with Crippen molar-refractivity contribution in [2.45, 2.75) is 26.3 Å². The van der Waals surface area contributed by atoms with Gasteiger partial charge >= 0.3 is 0 Å². The summed E-state index contributed by atoms with van der Waals surface area (Å²) in [5.41, 5.74) is 8.97. The first kappa shape index (κ1) is 20.2. The van der Waals surface area contributed by atoms with E-state index in [0.29, 0.717) is 10.6 Å².